The van der Waals surface area contributed by atoms with Crippen molar-refractivity contribution in [1.82, 2.24) is 4.57 Å². The minimum Gasteiger partial charge on any atom is -0.317 e. The van der Waals surface area contributed by atoms with Gasteiger partial charge >= 0.3 is 0 Å². The molecule has 126 valence electrons. The summed E-state index contributed by atoms with van der Waals surface area (Å²) in [4.78, 5) is 18.5. The van der Waals surface area contributed by atoms with E-state index < -0.39 is 0 Å². The Balaban J connectivity index is 1.74. The first-order valence-electron chi connectivity index (χ1n) is 8.56. The van der Waals surface area contributed by atoms with Crippen LogP contribution in [-0.2, 0) is 0 Å². The van der Waals surface area contributed by atoms with Gasteiger partial charge in [0, 0.05) is 18.7 Å². The molecule has 1 aliphatic carbocycles. The van der Waals surface area contributed by atoms with E-state index in [1.807, 2.05) is 37.3 Å². The van der Waals surface area contributed by atoms with E-state index in [1.54, 1.807) is 6.92 Å². The Labute approximate surface area is 151 Å². The average Bonchev–Trinajstić information content (AvgIpc) is 3.40. The fourth-order valence-electron chi connectivity index (χ4n) is 3.10. The van der Waals surface area contributed by atoms with E-state index in [4.69, 9.17) is 4.99 Å². The maximum atomic E-state index is 11.9. The van der Waals surface area contributed by atoms with Gasteiger partial charge in [-0.1, -0.05) is 53.8 Å². The summed E-state index contributed by atoms with van der Waals surface area (Å²) in [6.45, 7) is 3.66. The molecular formula is C21H20N2OS. The maximum absolute atomic E-state index is 11.9. The van der Waals surface area contributed by atoms with Crippen LogP contribution in [0.3, 0.4) is 0 Å². The lowest BCUT2D eigenvalue weighted by atomic mass is 10.1. The molecule has 25 heavy (non-hydrogen) atoms. The van der Waals surface area contributed by atoms with Gasteiger partial charge in [0.25, 0.3) is 0 Å². The third-order valence-corrected chi connectivity index (χ3v) is 5.78. The van der Waals surface area contributed by atoms with Crippen molar-refractivity contribution >= 4 is 22.8 Å². The molecule has 0 atom stereocenters. The number of ketones is 1. The lowest BCUT2D eigenvalue weighted by molar-refractivity contribution is 0.102. The van der Waals surface area contributed by atoms with Crippen LogP contribution in [0.5, 0.6) is 0 Å². The third-order valence-electron chi connectivity index (χ3n) is 4.52. The molecular weight excluding hydrogens is 328 g/mol. The molecule has 0 amide bonds. The van der Waals surface area contributed by atoms with Crippen molar-refractivity contribution in [2.24, 2.45) is 4.99 Å². The topological polar surface area (TPSA) is 34.4 Å². The molecule has 1 aliphatic rings. The fourth-order valence-corrected chi connectivity index (χ4v) is 4.21. The summed E-state index contributed by atoms with van der Waals surface area (Å²) >= 11 is 1.50. The predicted molar refractivity (Wildman–Crippen MR) is 102 cm³/mol. The molecule has 3 nitrogen and oxygen atoms in total. The second kappa shape index (κ2) is 6.45. The number of carbonyl (C=O) groups is 1. The Kier molecular flexibility index (Phi) is 4.14. The largest absolute Gasteiger partial charge is 0.317 e. The van der Waals surface area contributed by atoms with E-state index in [-0.39, 0.29) is 5.78 Å². The maximum Gasteiger partial charge on any atom is 0.191 e. The lowest BCUT2D eigenvalue weighted by Crippen LogP contribution is -2.14. The number of hydrogen-bond donors (Lipinski definition) is 0. The van der Waals surface area contributed by atoms with E-state index in [0.717, 1.165) is 21.1 Å². The van der Waals surface area contributed by atoms with Crippen LogP contribution in [0.2, 0.25) is 0 Å². The van der Waals surface area contributed by atoms with Crippen molar-refractivity contribution in [2.45, 2.75) is 32.7 Å². The summed E-state index contributed by atoms with van der Waals surface area (Å²) in [5.41, 5.74) is 4.36. The Morgan fingerprint density at radius 3 is 2.28 bits per heavy atom. The van der Waals surface area contributed by atoms with Gasteiger partial charge < -0.3 is 4.57 Å². The molecule has 0 aliphatic heterocycles. The highest BCUT2D eigenvalue weighted by molar-refractivity contribution is 7.11. The van der Waals surface area contributed by atoms with Gasteiger partial charge in [0.1, 0.15) is 0 Å². The van der Waals surface area contributed by atoms with Gasteiger partial charge in [-0.15, -0.1) is 0 Å². The summed E-state index contributed by atoms with van der Waals surface area (Å²) in [6.07, 6.45) is 2.35. The van der Waals surface area contributed by atoms with Gasteiger partial charge in [-0.3, -0.25) is 4.79 Å². The summed E-state index contributed by atoms with van der Waals surface area (Å²) in [5, 5.41) is 0. The Bertz CT molecular complexity index is 977. The number of benzene rings is 2. The van der Waals surface area contributed by atoms with Gasteiger partial charge in [-0.2, -0.15) is 0 Å². The van der Waals surface area contributed by atoms with Gasteiger partial charge in [0.05, 0.1) is 10.6 Å². The number of rotatable bonds is 4. The molecule has 0 bridgehead atoms. The van der Waals surface area contributed by atoms with Crippen molar-refractivity contribution in [3.8, 4) is 11.1 Å². The molecule has 1 saturated carbocycles. The molecule has 0 radical (unpaired) electrons. The van der Waals surface area contributed by atoms with Crippen LogP contribution in [0.25, 0.3) is 11.1 Å². The van der Waals surface area contributed by atoms with Crippen LogP contribution >= 0.6 is 11.3 Å². The van der Waals surface area contributed by atoms with Gasteiger partial charge in [0.15, 0.2) is 10.6 Å². The van der Waals surface area contributed by atoms with E-state index in [9.17, 15) is 4.79 Å². The van der Waals surface area contributed by atoms with Crippen molar-refractivity contribution in [1.29, 1.82) is 0 Å². The van der Waals surface area contributed by atoms with Crippen LogP contribution in [0, 0.1) is 6.92 Å². The quantitative estimate of drug-likeness (QED) is 0.590. The molecule has 0 unspecified atom stereocenters. The lowest BCUT2D eigenvalue weighted by Gasteiger charge is -2.04. The van der Waals surface area contributed by atoms with Crippen molar-refractivity contribution in [2.75, 3.05) is 0 Å². The van der Waals surface area contributed by atoms with Crippen LogP contribution in [-0.4, -0.2) is 10.4 Å². The van der Waals surface area contributed by atoms with Gasteiger partial charge in [-0.05, 0) is 43.0 Å². The molecule has 4 rings (SSSR count). The third kappa shape index (κ3) is 3.22. The fraction of sp³-hybridized carbons (Fsp3) is 0.238. The first-order chi connectivity index (χ1) is 12.1. The molecule has 4 heteroatoms. The minimum atomic E-state index is 0.123. The molecule has 0 N–H and O–H groups in total. The average molecular weight is 348 g/mol. The van der Waals surface area contributed by atoms with Crippen molar-refractivity contribution in [3.05, 3.63) is 70.0 Å². The zero-order chi connectivity index (χ0) is 17.4. The summed E-state index contributed by atoms with van der Waals surface area (Å²) < 4.78 is 2.24. The molecule has 0 spiro atoms. The van der Waals surface area contributed by atoms with Crippen LogP contribution < -0.4 is 4.80 Å². The van der Waals surface area contributed by atoms with Gasteiger partial charge in [-0.25, -0.2) is 4.99 Å². The molecule has 3 aromatic rings. The number of hydrogen-bond acceptors (Lipinski definition) is 3. The molecule has 1 aromatic heterocycles. The number of aromatic nitrogens is 1. The molecule has 1 heterocycles. The van der Waals surface area contributed by atoms with Crippen LogP contribution in [0.15, 0.2) is 59.6 Å². The van der Waals surface area contributed by atoms with Crippen LogP contribution in [0.1, 0.15) is 41.2 Å². The second-order valence-corrected chi connectivity index (χ2v) is 7.46. The number of thiazole rings is 1. The Morgan fingerprint density at radius 1 is 1.04 bits per heavy atom. The second-order valence-electron chi connectivity index (χ2n) is 6.48. The SMILES string of the molecule is CC(=O)c1sc(=Nc2ccc(-c3ccccc3)cc2)n(C2CC2)c1C. The summed E-state index contributed by atoms with van der Waals surface area (Å²) in [7, 11) is 0. The normalized spacial score (nSPS) is 14.7. The highest BCUT2D eigenvalue weighted by Gasteiger charge is 2.28. The van der Waals surface area contributed by atoms with Gasteiger partial charge in [0.2, 0.25) is 0 Å². The van der Waals surface area contributed by atoms with E-state index in [1.165, 1.54) is 35.3 Å². The standard InChI is InChI=1S/C21H20N2OS/c1-14-20(15(2)24)25-21(23(14)19-12-13-19)22-18-10-8-17(9-11-18)16-6-4-3-5-7-16/h3-11,19H,12-13H2,1-2H3. The minimum absolute atomic E-state index is 0.123. The Morgan fingerprint density at radius 2 is 1.68 bits per heavy atom. The smallest absolute Gasteiger partial charge is 0.191 e. The highest BCUT2D eigenvalue weighted by atomic mass is 32.1. The number of Topliss-reactive ketones (excluding diaryl/α,β-unsaturated/α-hetero) is 1. The zero-order valence-electron chi connectivity index (χ0n) is 14.4. The van der Waals surface area contributed by atoms with E-state index >= 15 is 0 Å². The van der Waals surface area contributed by atoms with Crippen molar-refractivity contribution in [3.63, 3.8) is 0 Å². The molecule has 1 fully saturated rings. The predicted octanol–water partition coefficient (Wildman–Crippen LogP) is 5.29. The monoisotopic (exact) mass is 348 g/mol. The number of nitrogens with zero attached hydrogens (tertiary/aromatic N) is 2. The summed E-state index contributed by atoms with van der Waals surface area (Å²) in [5.74, 6) is 0.123. The number of carbonyl (C=O) groups excluding carboxylic acids is 1. The highest BCUT2D eigenvalue weighted by Crippen LogP contribution is 2.36. The first-order valence-corrected chi connectivity index (χ1v) is 9.38. The first kappa shape index (κ1) is 16.0. The van der Waals surface area contributed by atoms with E-state index in [0.29, 0.717) is 6.04 Å². The van der Waals surface area contributed by atoms with Crippen LogP contribution in [0.4, 0.5) is 5.69 Å². The zero-order valence-corrected chi connectivity index (χ0v) is 15.2. The summed E-state index contributed by atoms with van der Waals surface area (Å²) in [6, 6.07) is 19.1. The van der Waals surface area contributed by atoms with Crippen molar-refractivity contribution < 1.29 is 4.79 Å². The molecule has 0 saturated heterocycles. The Hall–Kier alpha value is -2.46. The molecule has 2 aromatic carbocycles. The van der Waals surface area contributed by atoms with E-state index in [2.05, 4.69) is 28.8 Å².